The van der Waals surface area contributed by atoms with Gasteiger partial charge in [0.25, 0.3) is 5.89 Å². The van der Waals surface area contributed by atoms with E-state index in [9.17, 15) is 13.6 Å². The van der Waals surface area contributed by atoms with Gasteiger partial charge in [-0.05, 0) is 18.6 Å². The van der Waals surface area contributed by atoms with Crippen molar-refractivity contribution < 1.29 is 23.2 Å². The fourth-order valence-electron chi connectivity index (χ4n) is 2.56. The van der Waals surface area contributed by atoms with Crippen molar-refractivity contribution in [3.05, 3.63) is 35.7 Å². The van der Waals surface area contributed by atoms with Crippen LogP contribution in [0.3, 0.4) is 0 Å². The Morgan fingerprint density at radius 1 is 1.42 bits per heavy atom. The van der Waals surface area contributed by atoms with Crippen LogP contribution in [-0.2, 0) is 6.54 Å². The maximum Gasteiger partial charge on any atom is 0.317 e. The molecule has 0 bridgehead atoms. The number of nitrogens with one attached hydrogen (secondary N) is 1. The van der Waals surface area contributed by atoms with E-state index in [1.54, 1.807) is 4.90 Å². The second-order valence-electron chi connectivity index (χ2n) is 5.55. The summed E-state index contributed by atoms with van der Waals surface area (Å²) < 4.78 is 32.2. The minimum Gasteiger partial charge on any atom is -0.396 e. The molecule has 1 atom stereocenters. The van der Waals surface area contributed by atoms with Gasteiger partial charge in [-0.15, -0.1) is 0 Å². The number of halogens is 2. The Balaban J connectivity index is 1.62. The van der Waals surface area contributed by atoms with Crippen molar-refractivity contribution in [1.29, 1.82) is 0 Å². The largest absolute Gasteiger partial charge is 0.396 e. The number of benzene rings is 1. The summed E-state index contributed by atoms with van der Waals surface area (Å²) in [5.74, 6) is -1.69. The number of hydrogen-bond acceptors (Lipinski definition) is 5. The zero-order valence-electron chi connectivity index (χ0n) is 12.7. The summed E-state index contributed by atoms with van der Waals surface area (Å²) in [5.41, 5.74) is -0.395. The number of hydrogen-bond donors (Lipinski definition) is 2. The highest BCUT2D eigenvalue weighted by Gasteiger charge is 2.26. The molecule has 2 heterocycles. The van der Waals surface area contributed by atoms with Gasteiger partial charge < -0.3 is 19.8 Å². The Bertz CT molecular complexity index is 717. The molecule has 1 aliphatic heterocycles. The van der Waals surface area contributed by atoms with Crippen LogP contribution in [0.2, 0.25) is 0 Å². The molecule has 2 N–H and O–H groups in total. The third kappa shape index (κ3) is 3.35. The lowest BCUT2D eigenvalue weighted by Gasteiger charge is -2.16. The molecule has 2 aromatic rings. The van der Waals surface area contributed by atoms with E-state index in [1.807, 2.05) is 0 Å². The Hall–Kier alpha value is -2.55. The van der Waals surface area contributed by atoms with Crippen LogP contribution in [0.4, 0.5) is 13.6 Å². The Morgan fingerprint density at radius 3 is 2.83 bits per heavy atom. The van der Waals surface area contributed by atoms with E-state index in [2.05, 4.69) is 15.5 Å². The molecule has 9 heteroatoms. The highest BCUT2D eigenvalue weighted by Crippen LogP contribution is 2.24. The van der Waals surface area contributed by atoms with E-state index < -0.39 is 17.2 Å². The van der Waals surface area contributed by atoms with Crippen molar-refractivity contribution in [2.24, 2.45) is 5.92 Å². The number of rotatable bonds is 4. The molecule has 0 radical (unpaired) electrons. The fourth-order valence-corrected chi connectivity index (χ4v) is 2.56. The van der Waals surface area contributed by atoms with Crippen molar-refractivity contribution >= 4 is 6.03 Å². The predicted octanol–water partition coefficient (Wildman–Crippen LogP) is 1.54. The molecule has 1 fully saturated rings. The zero-order valence-corrected chi connectivity index (χ0v) is 12.7. The molecular weight excluding hydrogens is 322 g/mol. The normalized spacial score (nSPS) is 17.3. The second-order valence-corrected chi connectivity index (χ2v) is 5.55. The van der Waals surface area contributed by atoms with Crippen LogP contribution in [0.1, 0.15) is 12.2 Å². The van der Waals surface area contributed by atoms with Gasteiger partial charge in [0.2, 0.25) is 0 Å². The van der Waals surface area contributed by atoms with Crippen molar-refractivity contribution in [3.8, 4) is 11.5 Å². The van der Waals surface area contributed by atoms with Crippen LogP contribution in [0.15, 0.2) is 22.7 Å². The number of carbonyl (C=O) groups is 1. The summed E-state index contributed by atoms with van der Waals surface area (Å²) in [6, 6.07) is 3.11. The Kier molecular flexibility index (Phi) is 4.70. The van der Waals surface area contributed by atoms with Crippen LogP contribution in [0.25, 0.3) is 11.5 Å². The van der Waals surface area contributed by atoms with E-state index in [0.29, 0.717) is 13.1 Å². The maximum absolute atomic E-state index is 13.7. The molecule has 0 saturated carbocycles. The van der Waals surface area contributed by atoms with Crippen LogP contribution in [0.5, 0.6) is 0 Å². The molecule has 1 unspecified atom stereocenters. The van der Waals surface area contributed by atoms with Gasteiger partial charge in [0.05, 0.1) is 6.54 Å². The van der Waals surface area contributed by atoms with Gasteiger partial charge in [0.15, 0.2) is 5.82 Å². The van der Waals surface area contributed by atoms with Gasteiger partial charge in [0, 0.05) is 25.6 Å². The van der Waals surface area contributed by atoms with E-state index in [-0.39, 0.29) is 36.8 Å². The summed E-state index contributed by atoms with van der Waals surface area (Å²) in [6.07, 6.45) is 0.753. The first-order chi connectivity index (χ1) is 11.6. The predicted molar refractivity (Wildman–Crippen MR) is 78.7 cm³/mol. The summed E-state index contributed by atoms with van der Waals surface area (Å²) in [6.45, 7) is 1.07. The lowest BCUT2D eigenvalue weighted by molar-refractivity contribution is 0.197. The van der Waals surface area contributed by atoms with Gasteiger partial charge in [-0.25, -0.2) is 13.6 Å². The Labute approximate surface area is 136 Å². The third-order valence-electron chi connectivity index (χ3n) is 3.87. The number of aliphatic hydroxyl groups is 1. The Morgan fingerprint density at radius 2 is 2.17 bits per heavy atom. The maximum atomic E-state index is 13.7. The van der Waals surface area contributed by atoms with E-state index in [1.165, 1.54) is 6.07 Å². The van der Waals surface area contributed by atoms with Gasteiger partial charge in [-0.1, -0.05) is 11.2 Å². The average Bonchev–Trinajstić information content (AvgIpc) is 3.22. The molecule has 3 rings (SSSR count). The minimum atomic E-state index is -0.804. The van der Waals surface area contributed by atoms with E-state index in [0.717, 1.165) is 18.6 Å². The molecule has 0 aliphatic carbocycles. The molecule has 7 nitrogen and oxygen atoms in total. The molecule has 2 amide bonds. The minimum absolute atomic E-state index is 0.0291. The number of nitrogens with zero attached hydrogens (tertiary/aromatic N) is 3. The number of aliphatic hydroxyl groups excluding tert-OH is 1. The first-order valence-corrected chi connectivity index (χ1v) is 7.49. The molecule has 0 spiro atoms. The summed E-state index contributed by atoms with van der Waals surface area (Å²) >= 11 is 0. The lowest BCUT2D eigenvalue weighted by atomic mass is 10.1. The van der Waals surface area contributed by atoms with Gasteiger partial charge >= 0.3 is 6.03 Å². The molecule has 1 aromatic carbocycles. The van der Waals surface area contributed by atoms with Crippen LogP contribution in [0, 0.1) is 17.6 Å². The highest BCUT2D eigenvalue weighted by molar-refractivity contribution is 5.74. The lowest BCUT2D eigenvalue weighted by Crippen LogP contribution is -2.38. The molecule has 24 heavy (non-hydrogen) atoms. The quantitative estimate of drug-likeness (QED) is 0.882. The number of likely N-dealkylation sites (tertiary alicyclic amines) is 1. The fraction of sp³-hybridized carbons (Fsp3) is 0.400. The average molecular weight is 338 g/mol. The van der Waals surface area contributed by atoms with Crippen molar-refractivity contribution in [1.82, 2.24) is 20.4 Å². The second kappa shape index (κ2) is 6.91. The summed E-state index contributed by atoms with van der Waals surface area (Å²) in [4.78, 5) is 17.5. The van der Waals surface area contributed by atoms with Gasteiger partial charge in [-0.3, -0.25) is 0 Å². The monoisotopic (exact) mass is 338 g/mol. The van der Waals surface area contributed by atoms with Crippen molar-refractivity contribution in [3.63, 3.8) is 0 Å². The van der Waals surface area contributed by atoms with Crippen LogP contribution in [-0.4, -0.2) is 45.9 Å². The van der Waals surface area contributed by atoms with E-state index >= 15 is 0 Å². The smallest absolute Gasteiger partial charge is 0.317 e. The molecule has 1 saturated heterocycles. The number of carbonyl (C=O) groups excluding carboxylic acids is 1. The summed E-state index contributed by atoms with van der Waals surface area (Å²) in [5, 5.41) is 15.3. The van der Waals surface area contributed by atoms with Crippen LogP contribution >= 0.6 is 0 Å². The zero-order chi connectivity index (χ0) is 17.1. The number of urea groups is 1. The van der Waals surface area contributed by atoms with Crippen molar-refractivity contribution in [2.45, 2.75) is 13.0 Å². The molecular formula is C15H16F2N4O3. The standard InChI is InChI=1S/C15H16F2N4O3/c16-10-2-1-3-11(17)13(10)14-19-12(20-24-14)6-18-15(23)21-5-4-9(7-21)8-22/h1-3,9,22H,4-8H2,(H,18,23). The number of aromatic nitrogens is 2. The highest BCUT2D eigenvalue weighted by atomic mass is 19.1. The topological polar surface area (TPSA) is 91.5 Å². The van der Waals surface area contributed by atoms with Crippen LogP contribution < -0.4 is 5.32 Å². The van der Waals surface area contributed by atoms with Crippen molar-refractivity contribution in [2.75, 3.05) is 19.7 Å². The summed E-state index contributed by atoms with van der Waals surface area (Å²) in [7, 11) is 0. The number of amides is 2. The molecule has 1 aliphatic rings. The molecule has 1 aromatic heterocycles. The SMILES string of the molecule is O=C(NCc1noc(-c2c(F)cccc2F)n1)N1CCC(CO)C1. The van der Waals surface area contributed by atoms with Gasteiger partial charge in [-0.2, -0.15) is 4.98 Å². The van der Waals surface area contributed by atoms with E-state index in [4.69, 9.17) is 9.63 Å². The third-order valence-corrected chi connectivity index (χ3v) is 3.87. The first-order valence-electron chi connectivity index (χ1n) is 7.49. The molecule has 128 valence electrons. The first kappa shape index (κ1) is 16.3. The van der Waals surface area contributed by atoms with Gasteiger partial charge in [0.1, 0.15) is 17.2 Å².